The quantitative estimate of drug-likeness (QED) is 0.854. The van der Waals surface area contributed by atoms with Gasteiger partial charge in [0.1, 0.15) is 5.75 Å². The number of carbonyl (C=O) groups is 1. The summed E-state index contributed by atoms with van der Waals surface area (Å²) in [5, 5.41) is 7.45. The molecule has 124 valence electrons. The standard InChI is InChI=1S/C18H25N3O2/c1-13(12-21-15(3)9-14(2)20-21)11-19-18(22)10-16-5-7-17(23-4)8-6-16/h5-9,13H,10-12H2,1-4H3,(H,19,22)/t13-/m0/s1. The first-order valence-electron chi connectivity index (χ1n) is 7.88. The maximum absolute atomic E-state index is 12.0. The molecule has 0 unspecified atom stereocenters. The van der Waals surface area contributed by atoms with Gasteiger partial charge in [0.25, 0.3) is 0 Å². The Bertz CT molecular complexity index is 647. The van der Waals surface area contributed by atoms with E-state index in [4.69, 9.17) is 4.74 Å². The molecule has 1 aromatic carbocycles. The van der Waals surface area contributed by atoms with Crippen LogP contribution in [0.5, 0.6) is 5.75 Å². The summed E-state index contributed by atoms with van der Waals surface area (Å²) >= 11 is 0. The third kappa shape index (κ3) is 5.13. The van der Waals surface area contributed by atoms with Gasteiger partial charge in [-0.25, -0.2) is 0 Å². The van der Waals surface area contributed by atoms with E-state index in [0.29, 0.717) is 18.9 Å². The molecule has 5 nitrogen and oxygen atoms in total. The third-order valence-electron chi connectivity index (χ3n) is 3.76. The van der Waals surface area contributed by atoms with Crippen molar-refractivity contribution in [3.63, 3.8) is 0 Å². The fraction of sp³-hybridized carbons (Fsp3) is 0.444. The predicted octanol–water partition coefficient (Wildman–Crippen LogP) is 2.50. The van der Waals surface area contributed by atoms with Gasteiger partial charge in [-0.15, -0.1) is 0 Å². The zero-order valence-corrected chi connectivity index (χ0v) is 14.3. The number of aryl methyl sites for hydroxylation is 2. The van der Waals surface area contributed by atoms with Crippen molar-refractivity contribution in [1.82, 2.24) is 15.1 Å². The van der Waals surface area contributed by atoms with Gasteiger partial charge in [0.15, 0.2) is 0 Å². The van der Waals surface area contributed by atoms with Crippen LogP contribution in [0, 0.1) is 19.8 Å². The second-order valence-electron chi connectivity index (χ2n) is 6.04. The van der Waals surface area contributed by atoms with Crippen LogP contribution in [-0.2, 0) is 17.8 Å². The second kappa shape index (κ2) is 7.81. The van der Waals surface area contributed by atoms with Crippen LogP contribution in [0.4, 0.5) is 0 Å². The molecule has 0 bridgehead atoms. The van der Waals surface area contributed by atoms with Crippen molar-refractivity contribution in [2.24, 2.45) is 5.92 Å². The topological polar surface area (TPSA) is 56.1 Å². The number of ether oxygens (including phenoxy) is 1. The van der Waals surface area contributed by atoms with Gasteiger partial charge in [0.2, 0.25) is 5.91 Å². The number of aromatic nitrogens is 2. The molecule has 1 amide bonds. The molecule has 5 heteroatoms. The lowest BCUT2D eigenvalue weighted by Crippen LogP contribution is -2.31. The normalized spacial score (nSPS) is 12.0. The summed E-state index contributed by atoms with van der Waals surface area (Å²) in [4.78, 5) is 12.0. The molecule has 0 saturated carbocycles. The molecule has 1 aromatic heterocycles. The minimum atomic E-state index is 0.0374. The maximum atomic E-state index is 12.0. The van der Waals surface area contributed by atoms with Crippen LogP contribution in [0.15, 0.2) is 30.3 Å². The molecule has 0 spiro atoms. The molecular formula is C18H25N3O2. The smallest absolute Gasteiger partial charge is 0.224 e. The van der Waals surface area contributed by atoms with Gasteiger partial charge in [-0.2, -0.15) is 5.10 Å². The fourth-order valence-electron chi connectivity index (χ4n) is 2.50. The highest BCUT2D eigenvalue weighted by Crippen LogP contribution is 2.11. The fourth-order valence-corrected chi connectivity index (χ4v) is 2.50. The van der Waals surface area contributed by atoms with Crippen molar-refractivity contribution in [3.8, 4) is 5.75 Å². The zero-order valence-electron chi connectivity index (χ0n) is 14.3. The Balaban J connectivity index is 1.77. The molecule has 0 radical (unpaired) electrons. The average molecular weight is 315 g/mol. The Morgan fingerprint density at radius 3 is 2.57 bits per heavy atom. The number of methoxy groups -OCH3 is 1. The van der Waals surface area contributed by atoms with Gasteiger partial charge in [-0.05, 0) is 43.5 Å². The van der Waals surface area contributed by atoms with Crippen molar-refractivity contribution in [3.05, 3.63) is 47.3 Å². The van der Waals surface area contributed by atoms with E-state index in [1.807, 2.05) is 35.9 Å². The summed E-state index contributed by atoms with van der Waals surface area (Å²) in [6, 6.07) is 9.63. The molecule has 0 aliphatic carbocycles. The molecule has 1 atom stereocenters. The summed E-state index contributed by atoms with van der Waals surface area (Å²) in [6.45, 7) is 7.61. The predicted molar refractivity (Wildman–Crippen MR) is 90.6 cm³/mol. The van der Waals surface area contributed by atoms with Crippen molar-refractivity contribution < 1.29 is 9.53 Å². The molecule has 23 heavy (non-hydrogen) atoms. The highest BCUT2D eigenvalue weighted by molar-refractivity contribution is 5.78. The number of benzene rings is 1. The van der Waals surface area contributed by atoms with Gasteiger partial charge >= 0.3 is 0 Å². The number of hydrogen-bond donors (Lipinski definition) is 1. The molecular weight excluding hydrogens is 290 g/mol. The lowest BCUT2D eigenvalue weighted by atomic mass is 10.1. The van der Waals surface area contributed by atoms with Crippen LogP contribution in [0.25, 0.3) is 0 Å². The number of nitrogens with one attached hydrogen (secondary N) is 1. The number of hydrogen-bond acceptors (Lipinski definition) is 3. The number of amides is 1. The maximum Gasteiger partial charge on any atom is 0.224 e. The molecule has 0 aliphatic rings. The molecule has 2 aromatic rings. The molecule has 0 fully saturated rings. The van der Waals surface area contributed by atoms with Gasteiger partial charge < -0.3 is 10.1 Å². The van der Waals surface area contributed by atoms with Gasteiger partial charge in [-0.3, -0.25) is 9.48 Å². The Morgan fingerprint density at radius 2 is 2.00 bits per heavy atom. The summed E-state index contributed by atoms with van der Waals surface area (Å²) in [6.07, 6.45) is 0.386. The van der Waals surface area contributed by atoms with E-state index >= 15 is 0 Å². The monoisotopic (exact) mass is 315 g/mol. The molecule has 2 rings (SSSR count). The lowest BCUT2D eigenvalue weighted by Gasteiger charge is -2.14. The van der Waals surface area contributed by atoms with Crippen molar-refractivity contribution in [2.75, 3.05) is 13.7 Å². The molecule has 0 aliphatic heterocycles. The van der Waals surface area contributed by atoms with E-state index in [1.54, 1.807) is 7.11 Å². The number of rotatable bonds is 7. The highest BCUT2D eigenvalue weighted by atomic mass is 16.5. The first-order valence-corrected chi connectivity index (χ1v) is 7.88. The first-order chi connectivity index (χ1) is 11.0. The van der Waals surface area contributed by atoms with E-state index in [-0.39, 0.29) is 5.91 Å². The van der Waals surface area contributed by atoms with Crippen molar-refractivity contribution in [1.29, 1.82) is 0 Å². The highest BCUT2D eigenvalue weighted by Gasteiger charge is 2.09. The summed E-state index contributed by atoms with van der Waals surface area (Å²) in [7, 11) is 1.63. The zero-order chi connectivity index (χ0) is 16.8. The molecule has 1 N–H and O–H groups in total. The van der Waals surface area contributed by atoms with Crippen molar-refractivity contribution >= 4 is 5.91 Å². The van der Waals surface area contributed by atoms with Crippen LogP contribution < -0.4 is 10.1 Å². The Morgan fingerprint density at radius 1 is 1.30 bits per heavy atom. The summed E-state index contributed by atoms with van der Waals surface area (Å²) in [5.74, 6) is 1.16. The van der Waals surface area contributed by atoms with Crippen molar-refractivity contribution in [2.45, 2.75) is 33.7 Å². The Labute approximate surface area is 137 Å². The van der Waals surface area contributed by atoms with Gasteiger partial charge in [0, 0.05) is 18.8 Å². The molecule has 1 heterocycles. The van der Waals surface area contributed by atoms with E-state index < -0.39 is 0 Å². The minimum Gasteiger partial charge on any atom is -0.497 e. The van der Waals surface area contributed by atoms with E-state index in [2.05, 4.69) is 30.3 Å². The largest absolute Gasteiger partial charge is 0.497 e. The van der Waals surface area contributed by atoms with Crippen LogP contribution in [0.3, 0.4) is 0 Å². The van der Waals surface area contributed by atoms with Crippen LogP contribution in [0.2, 0.25) is 0 Å². The Hall–Kier alpha value is -2.30. The summed E-state index contributed by atoms with van der Waals surface area (Å²) < 4.78 is 7.11. The number of carbonyl (C=O) groups excluding carboxylic acids is 1. The summed E-state index contributed by atoms with van der Waals surface area (Å²) in [5.41, 5.74) is 3.16. The van der Waals surface area contributed by atoms with Crippen LogP contribution in [-0.4, -0.2) is 29.3 Å². The third-order valence-corrected chi connectivity index (χ3v) is 3.76. The lowest BCUT2D eigenvalue weighted by molar-refractivity contribution is -0.120. The van der Waals surface area contributed by atoms with Crippen LogP contribution >= 0.6 is 0 Å². The minimum absolute atomic E-state index is 0.0374. The Kier molecular flexibility index (Phi) is 5.79. The van der Waals surface area contributed by atoms with Crippen LogP contribution in [0.1, 0.15) is 23.9 Å². The van der Waals surface area contributed by atoms with E-state index in [0.717, 1.165) is 29.2 Å². The molecule has 0 saturated heterocycles. The number of nitrogens with zero attached hydrogens (tertiary/aromatic N) is 2. The second-order valence-corrected chi connectivity index (χ2v) is 6.04. The van der Waals surface area contributed by atoms with E-state index in [9.17, 15) is 4.79 Å². The van der Waals surface area contributed by atoms with Gasteiger partial charge in [-0.1, -0.05) is 19.1 Å². The first kappa shape index (κ1) is 17.1. The van der Waals surface area contributed by atoms with E-state index in [1.165, 1.54) is 0 Å². The average Bonchev–Trinajstić information content (AvgIpc) is 2.83. The van der Waals surface area contributed by atoms with Gasteiger partial charge in [0.05, 0.1) is 19.2 Å². The SMILES string of the molecule is COc1ccc(CC(=O)NC[C@H](C)Cn2nc(C)cc2C)cc1.